The number of hydrogen-bond acceptors (Lipinski definition) is 2. The van der Waals surface area contributed by atoms with Gasteiger partial charge in [-0.15, -0.1) is 6.58 Å². The predicted octanol–water partition coefficient (Wildman–Crippen LogP) is 1.97. The van der Waals surface area contributed by atoms with Gasteiger partial charge in [-0.05, 0) is 45.2 Å². The van der Waals surface area contributed by atoms with Crippen molar-refractivity contribution >= 4 is 0 Å². The Morgan fingerprint density at radius 3 is 2.80 bits per heavy atom. The molecule has 0 aliphatic heterocycles. The molecule has 0 radical (unpaired) electrons. The van der Waals surface area contributed by atoms with E-state index >= 15 is 0 Å². The van der Waals surface area contributed by atoms with Gasteiger partial charge in [-0.25, -0.2) is 0 Å². The van der Waals surface area contributed by atoms with E-state index in [2.05, 4.69) is 30.2 Å². The second kappa shape index (κ2) is 5.71. The van der Waals surface area contributed by atoms with Gasteiger partial charge >= 0.3 is 0 Å². The molecule has 1 rings (SSSR count). The highest BCUT2D eigenvalue weighted by Crippen LogP contribution is 2.13. The summed E-state index contributed by atoms with van der Waals surface area (Å²) < 4.78 is 2.09. The third-order valence-corrected chi connectivity index (χ3v) is 2.70. The third-order valence-electron chi connectivity index (χ3n) is 2.70. The number of unbranched alkanes of at least 4 members (excludes halogenated alkanes) is 1. The van der Waals surface area contributed by atoms with Crippen molar-refractivity contribution in [3.8, 4) is 0 Å². The molecule has 3 nitrogen and oxygen atoms in total. The zero-order valence-corrected chi connectivity index (χ0v) is 9.79. The zero-order valence-electron chi connectivity index (χ0n) is 9.79. The molecule has 3 heteroatoms. The maximum absolute atomic E-state index is 5.58. The summed E-state index contributed by atoms with van der Waals surface area (Å²) in [5.41, 5.74) is 9.28. The molecule has 15 heavy (non-hydrogen) atoms. The molecule has 0 amide bonds. The summed E-state index contributed by atoms with van der Waals surface area (Å²) in [5.74, 6) is 0. The van der Waals surface area contributed by atoms with Crippen molar-refractivity contribution in [2.24, 2.45) is 5.73 Å². The van der Waals surface area contributed by atoms with Crippen LogP contribution in [-0.2, 0) is 13.0 Å². The van der Waals surface area contributed by atoms with Crippen molar-refractivity contribution in [2.45, 2.75) is 39.7 Å². The summed E-state index contributed by atoms with van der Waals surface area (Å²) in [6.07, 6.45) is 5.03. The molecule has 0 unspecified atom stereocenters. The molecule has 0 saturated carbocycles. The van der Waals surface area contributed by atoms with Crippen LogP contribution in [-0.4, -0.2) is 16.3 Å². The first-order chi connectivity index (χ1) is 7.20. The van der Waals surface area contributed by atoms with E-state index in [-0.39, 0.29) is 0 Å². The molecule has 1 aromatic heterocycles. The standard InChI is InChI=1S/C12H21N3/c1-4-5-6-9-15-11(3)12(7-8-13)10(2)14-15/h4H,1,5-9,13H2,2-3H3. The number of aromatic nitrogens is 2. The van der Waals surface area contributed by atoms with E-state index in [1.807, 2.05) is 6.08 Å². The quantitative estimate of drug-likeness (QED) is 0.572. The average molecular weight is 207 g/mol. The molecule has 2 N–H and O–H groups in total. The third kappa shape index (κ3) is 2.93. The Bertz CT molecular complexity index is 326. The minimum absolute atomic E-state index is 0.694. The highest BCUT2D eigenvalue weighted by Gasteiger charge is 2.09. The Balaban J connectivity index is 2.72. The SMILES string of the molecule is C=CCCCn1nc(C)c(CCN)c1C. The van der Waals surface area contributed by atoms with E-state index in [0.717, 1.165) is 31.5 Å². The number of nitrogens with two attached hydrogens (primary N) is 1. The van der Waals surface area contributed by atoms with Crippen molar-refractivity contribution in [1.29, 1.82) is 0 Å². The van der Waals surface area contributed by atoms with E-state index in [0.29, 0.717) is 6.54 Å². The van der Waals surface area contributed by atoms with Gasteiger partial charge in [0.05, 0.1) is 5.69 Å². The first-order valence-corrected chi connectivity index (χ1v) is 5.54. The number of rotatable bonds is 6. The molecule has 0 saturated heterocycles. The van der Waals surface area contributed by atoms with Crippen molar-refractivity contribution in [1.82, 2.24) is 9.78 Å². The number of allylic oxidation sites excluding steroid dienone is 1. The molecule has 84 valence electrons. The fraction of sp³-hybridized carbons (Fsp3) is 0.583. The summed E-state index contributed by atoms with van der Waals surface area (Å²) in [6, 6.07) is 0. The predicted molar refractivity (Wildman–Crippen MR) is 63.9 cm³/mol. The minimum atomic E-state index is 0.694. The normalized spacial score (nSPS) is 10.6. The smallest absolute Gasteiger partial charge is 0.0628 e. The Kier molecular flexibility index (Phi) is 4.56. The molecular weight excluding hydrogens is 186 g/mol. The van der Waals surface area contributed by atoms with Gasteiger partial charge in [0.15, 0.2) is 0 Å². The molecule has 1 heterocycles. The van der Waals surface area contributed by atoms with Crippen LogP contribution in [0.2, 0.25) is 0 Å². The van der Waals surface area contributed by atoms with Crippen LogP contribution >= 0.6 is 0 Å². The lowest BCUT2D eigenvalue weighted by molar-refractivity contribution is 0.566. The fourth-order valence-electron chi connectivity index (χ4n) is 1.84. The lowest BCUT2D eigenvalue weighted by Gasteiger charge is -2.03. The molecule has 0 fully saturated rings. The van der Waals surface area contributed by atoms with Crippen molar-refractivity contribution in [3.63, 3.8) is 0 Å². The summed E-state index contributed by atoms with van der Waals surface area (Å²) in [5, 5.41) is 4.53. The van der Waals surface area contributed by atoms with Crippen LogP contribution < -0.4 is 5.73 Å². The van der Waals surface area contributed by atoms with Gasteiger partial charge in [0.2, 0.25) is 0 Å². The minimum Gasteiger partial charge on any atom is -0.330 e. The molecule has 0 atom stereocenters. The van der Waals surface area contributed by atoms with Crippen LogP contribution in [0.5, 0.6) is 0 Å². The molecule has 0 bridgehead atoms. The van der Waals surface area contributed by atoms with E-state index in [4.69, 9.17) is 5.73 Å². The van der Waals surface area contributed by atoms with E-state index in [1.165, 1.54) is 11.3 Å². The highest BCUT2D eigenvalue weighted by atomic mass is 15.3. The molecule has 1 aromatic rings. The second-order valence-electron chi connectivity index (χ2n) is 3.84. The van der Waals surface area contributed by atoms with Gasteiger partial charge in [0, 0.05) is 12.2 Å². The van der Waals surface area contributed by atoms with Crippen LogP contribution in [0.1, 0.15) is 29.8 Å². The Morgan fingerprint density at radius 1 is 1.47 bits per heavy atom. The van der Waals surface area contributed by atoms with E-state index in [9.17, 15) is 0 Å². The Morgan fingerprint density at radius 2 is 2.20 bits per heavy atom. The fourth-order valence-corrected chi connectivity index (χ4v) is 1.84. The van der Waals surface area contributed by atoms with Crippen molar-refractivity contribution in [2.75, 3.05) is 6.54 Å². The first kappa shape index (κ1) is 12.0. The van der Waals surface area contributed by atoms with Crippen LogP contribution in [0.3, 0.4) is 0 Å². The first-order valence-electron chi connectivity index (χ1n) is 5.54. The molecular formula is C12H21N3. The van der Waals surface area contributed by atoms with Gasteiger partial charge in [-0.2, -0.15) is 5.10 Å². The highest BCUT2D eigenvalue weighted by molar-refractivity contribution is 5.24. The summed E-state index contributed by atoms with van der Waals surface area (Å²) in [7, 11) is 0. The number of hydrogen-bond donors (Lipinski definition) is 1. The monoisotopic (exact) mass is 207 g/mol. The maximum atomic E-state index is 5.58. The van der Waals surface area contributed by atoms with Gasteiger partial charge in [-0.1, -0.05) is 6.08 Å². The van der Waals surface area contributed by atoms with Gasteiger partial charge in [-0.3, -0.25) is 4.68 Å². The topological polar surface area (TPSA) is 43.8 Å². The van der Waals surface area contributed by atoms with Gasteiger partial charge in [0.25, 0.3) is 0 Å². The maximum Gasteiger partial charge on any atom is 0.0628 e. The lowest BCUT2D eigenvalue weighted by Crippen LogP contribution is -2.06. The largest absolute Gasteiger partial charge is 0.330 e. The summed E-state index contributed by atoms with van der Waals surface area (Å²) >= 11 is 0. The average Bonchev–Trinajstić information content (AvgIpc) is 2.47. The van der Waals surface area contributed by atoms with Gasteiger partial charge in [0.1, 0.15) is 0 Å². The molecule has 0 aromatic carbocycles. The van der Waals surface area contributed by atoms with Crippen LogP contribution in [0, 0.1) is 13.8 Å². The van der Waals surface area contributed by atoms with Crippen LogP contribution in [0.4, 0.5) is 0 Å². The van der Waals surface area contributed by atoms with Crippen LogP contribution in [0.25, 0.3) is 0 Å². The van der Waals surface area contributed by atoms with Crippen molar-refractivity contribution < 1.29 is 0 Å². The number of nitrogens with zero attached hydrogens (tertiary/aromatic N) is 2. The second-order valence-corrected chi connectivity index (χ2v) is 3.84. The molecule has 0 aliphatic rings. The Hall–Kier alpha value is -1.09. The van der Waals surface area contributed by atoms with E-state index < -0.39 is 0 Å². The van der Waals surface area contributed by atoms with Crippen LogP contribution in [0.15, 0.2) is 12.7 Å². The Labute approximate surface area is 92.0 Å². The summed E-state index contributed by atoms with van der Waals surface area (Å²) in [6.45, 7) is 9.57. The lowest BCUT2D eigenvalue weighted by atomic mass is 10.1. The van der Waals surface area contributed by atoms with E-state index in [1.54, 1.807) is 0 Å². The number of aryl methyl sites for hydroxylation is 2. The van der Waals surface area contributed by atoms with Crippen molar-refractivity contribution in [3.05, 3.63) is 29.6 Å². The molecule has 0 aliphatic carbocycles. The summed E-state index contributed by atoms with van der Waals surface area (Å²) in [4.78, 5) is 0. The zero-order chi connectivity index (χ0) is 11.3. The molecule has 0 spiro atoms. The van der Waals surface area contributed by atoms with Gasteiger partial charge < -0.3 is 5.73 Å².